The van der Waals surface area contributed by atoms with E-state index < -0.39 is 0 Å². The van der Waals surface area contributed by atoms with Crippen molar-refractivity contribution >= 4 is 23.4 Å². The molecule has 0 radical (unpaired) electrons. The van der Waals surface area contributed by atoms with Crippen molar-refractivity contribution in [3.05, 3.63) is 16.9 Å². The van der Waals surface area contributed by atoms with Gasteiger partial charge in [0.2, 0.25) is 5.91 Å². The maximum absolute atomic E-state index is 13.1. The fourth-order valence-corrected chi connectivity index (χ4v) is 7.41. The molecule has 6 nitrogen and oxygen atoms in total. The fraction of sp³-hybridized carbons (Fsp3) is 0.773. The quantitative estimate of drug-likeness (QED) is 0.779. The molecule has 5 fully saturated rings. The molecule has 1 heterocycles. The highest BCUT2D eigenvalue weighted by atomic mass is 35.5. The molecule has 158 valence electrons. The van der Waals surface area contributed by atoms with Gasteiger partial charge >= 0.3 is 0 Å². The van der Waals surface area contributed by atoms with E-state index >= 15 is 0 Å². The molecule has 4 bridgehead atoms. The standard InChI is InChI=1S/C22H31ClN4O2/c1-13(28)26-22-9-14-7-15(10-22)19(16(8-14)11-22)25-21(29)18-12-24-27(20(18)23)17-5-3-2-4-6-17/h12,14-17,19H,2-11H2,1H3,(H,25,29)(H,26,28)/t14?,15-,16+,19?,22?. The Labute approximate surface area is 177 Å². The second kappa shape index (κ2) is 7.29. The van der Waals surface area contributed by atoms with Gasteiger partial charge in [0.05, 0.1) is 17.8 Å². The van der Waals surface area contributed by atoms with E-state index in [2.05, 4.69) is 15.7 Å². The van der Waals surface area contributed by atoms with E-state index in [0.29, 0.717) is 34.5 Å². The van der Waals surface area contributed by atoms with Gasteiger partial charge in [-0.2, -0.15) is 5.10 Å². The smallest absolute Gasteiger partial charge is 0.256 e. The Morgan fingerprint density at radius 1 is 1.14 bits per heavy atom. The number of hydrogen-bond acceptors (Lipinski definition) is 3. The Bertz CT molecular complexity index is 800. The number of carbonyl (C=O) groups is 2. The molecule has 0 aliphatic heterocycles. The number of aromatic nitrogens is 2. The van der Waals surface area contributed by atoms with Gasteiger partial charge in [0.15, 0.2) is 0 Å². The topological polar surface area (TPSA) is 76.0 Å². The Balaban J connectivity index is 1.30. The van der Waals surface area contributed by atoms with Crippen molar-refractivity contribution in [3.8, 4) is 0 Å². The molecule has 3 unspecified atom stereocenters. The molecular weight excluding hydrogens is 388 g/mol. The lowest BCUT2D eigenvalue weighted by molar-refractivity contribution is -0.125. The number of nitrogens with one attached hydrogen (secondary N) is 2. The van der Waals surface area contributed by atoms with Crippen LogP contribution in [0.15, 0.2) is 6.20 Å². The minimum atomic E-state index is -0.0943. The van der Waals surface area contributed by atoms with Crippen LogP contribution in [0.2, 0.25) is 5.15 Å². The van der Waals surface area contributed by atoms with E-state index in [-0.39, 0.29) is 23.4 Å². The molecule has 5 aliphatic rings. The van der Waals surface area contributed by atoms with Crippen molar-refractivity contribution in [1.82, 2.24) is 20.4 Å². The van der Waals surface area contributed by atoms with Crippen molar-refractivity contribution < 1.29 is 9.59 Å². The average molecular weight is 419 g/mol. The third-order valence-electron chi connectivity index (χ3n) is 7.91. The summed E-state index contributed by atoms with van der Waals surface area (Å²) in [4.78, 5) is 24.8. The minimum Gasteiger partial charge on any atom is -0.351 e. The van der Waals surface area contributed by atoms with E-state index in [4.69, 9.17) is 11.6 Å². The van der Waals surface area contributed by atoms with Gasteiger partial charge in [-0.05, 0) is 62.7 Å². The van der Waals surface area contributed by atoms with Crippen molar-refractivity contribution in [2.75, 3.05) is 0 Å². The molecule has 2 N–H and O–H groups in total. The normalized spacial score (nSPS) is 36.2. The maximum Gasteiger partial charge on any atom is 0.256 e. The van der Waals surface area contributed by atoms with Crippen LogP contribution in [0.4, 0.5) is 0 Å². The molecule has 2 amide bonds. The molecule has 7 heteroatoms. The van der Waals surface area contributed by atoms with Gasteiger partial charge in [-0.1, -0.05) is 30.9 Å². The van der Waals surface area contributed by atoms with E-state index in [1.54, 1.807) is 13.1 Å². The highest BCUT2D eigenvalue weighted by Gasteiger charge is 2.56. The number of amides is 2. The lowest BCUT2D eigenvalue weighted by atomic mass is 9.51. The second-order valence-corrected chi connectivity index (χ2v) is 10.4. The molecule has 5 saturated carbocycles. The molecule has 5 aliphatic carbocycles. The molecule has 0 aromatic carbocycles. The summed E-state index contributed by atoms with van der Waals surface area (Å²) in [6, 6.07) is 0.492. The minimum absolute atomic E-state index is 0.0485. The van der Waals surface area contributed by atoms with Crippen LogP contribution in [-0.2, 0) is 4.79 Å². The van der Waals surface area contributed by atoms with Crippen LogP contribution in [0, 0.1) is 17.8 Å². The Hall–Kier alpha value is -1.56. The van der Waals surface area contributed by atoms with Crippen LogP contribution in [0.5, 0.6) is 0 Å². The zero-order valence-electron chi connectivity index (χ0n) is 17.1. The highest BCUT2D eigenvalue weighted by molar-refractivity contribution is 6.32. The molecule has 5 atom stereocenters. The molecule has 0 saturated heterocycles. The number of nitrogens with zero attached hydrogens (tertiary/aromatic N) is 2. The van der Waals surface area contributed by atoms with Crippen LogP contribution in [0.3, 0.4) is 0 Å². The van der Waals surface area contributed by atoms with Crippen molar-refractivity contribution in [1.29, 1.82) is 0 Å². The molecule has 0 spiro atoms. The van der Waals surface area contributed by atoms with Crippen molar-refractivity contribution in [2.45, 2.75) is 88.8 Å². The van der Waals surface area contributed by atoms with Gasteiger partial charge in [0.1, 0.15) is 5.15 Å². The van der Waals surface area contributed by atoms with Crippen LogP contribution in [0.25, 0.3) is 0 Å². The Kier molecular flexibility index (Phi) is 4.88. The predicted molar refractivity (Wildman–Crippen MR) is 111 cm³/mol. The lowest BCUT2D eigenvalue weighted by Gasteiger charge is -2.60. The van der Waals surface area contributed by atoms with Gasteiger partial charge in [0, 0.05) is 18.5 Å². The Morgan fingerprint density at radius 2 is 1.83 bits per heavy atom. The molecule has 1 aromatic rings. The number of rotatable bonds is 4. The van der Waals surface area contributed by atoms with Gasteiger partial charge < -0.3 is 10.6 Å². The molecule has 1 aromatic heterocycles. The predicted octanol–water partition coefficient (Wildman–Crippen LogP) is 3.85. The van der Waals surface area contributed by atoms with Crippen LogP contribution < -0.4 is 10.6 Å². The van der Waals surface area contributed by atoms with E-state index in [1.807, 2.05) is 4.68 Å². The zero-order chi connectivity index (χ0) is 20.2. The van der Waals surface area contributed by atoms with Gasteiger partial charge in [-0.15, -0.1) is 0 Å². The third-order valence-corrected chi connectivity index (χ3v) is 8.29. The first kappa shape index (κ1) is 19.4. The summed E-state index contributed by atoms with van der Waals surface area (Å²) < 4.78 is 1.86. The fourth-order valence-electron chi connectivity index (χ4n) is 7.10. The molecule has 29 heavy (non-hydrogen) atoms. The first-order chi connectivity index (χ1) is 13.9. The van der Waals surface area contributed by atoms with Crippen LogP contribution >= 0.6 is 11.6 Å². The van der Waals surface area contributed by atoms with Gasteiger partial charge in [0.25, 0.3) is 5.91 Å². The summed E-state index contributed by atoms with van der Waals surface area (Å²) in [7, 11) is 0. The molecule has 6 rings (SSSR count). The van der Waals surface area contributed by atoms with E-state index in [1.165, 1.54) is 19.3 Å². The zero-order valence-corrected chi connectivity index (χ0v) is 17.9. The van der Waals surface area contributed by atoms with E-state index in [0.717, 1.165) is 44.9 Å². The summed E-state index contributed by atoms with van der Waals surface area (Å²) in [5.41, 5.74) is 0.454. The number of carbonyl (C=O) groups excluding carboxylic acids is 2. The van der Waals surface area contributed by atoms with E-state index in [9.17, 15) is 9.59 Å². The first-order valence-electron chi connectivity index (χ1n) is 11.3. The lowest BCUT2D eigenvalue weighted by Crippen LogP contribution is -2.66. The SMILES string of the molecule is CC(=O)NC12CC3C[C@H](C1)C(NC(=O)c1cnn(C4CCCCC4)c1Cl)[C@@H](C3)C2. The molecular formula is C22H31ClN4O2. The summed E-state index contributed by atoms with van der Waals surface area (Å²) in [5, 5.41) is 11.5. The second-order valence-electron chi connectivity index (χ2n) is 10.0. The Morgan fingerprint density at radius 3 is 2.48 bits per heavy atom. The van der Waals surface area contributed by atoms with Gasteiger partial charge in [-0.3, -0.25) is 14.3 Å². The highest BCUT2D eigenvalue weighted by Crippen LogP contribution is 2.55. The third kappa shape index (κ3) is 3.47. The average Bonchev–Trinajstić information content (AvgIpc) is 3.05. The summed E-state index contributed by atoms with van der Waals surface area (Å²) in [5.74, 6) is 1.51. The van der Waals surface area contributed by atoms with Crippen molar-refractivity contribution in [3.63, 3.8) is 0 Å². The monoisotopic (exact) mass is 418 g/mol. The van der Waals surface area contributed by atoms with Crippen molar-refractivity contribution in [2.24, 2.45) is 17.8 Å². The summed E-state index contributed by atoms with van der Waals surface area (Å²) in [6.07, 6.45) is 12.8. The first-order valence-corrected chi connectivity index (χ1v) is 11.6. The van der Waals surface area contributed by atoms with Crippen LogP contribution in [-0.4, -0.2) is 33.2 Å². The van der Waals surface area contributed by atoms with Crippen LogP contribution in [0.1, 0.15) is 87.5 Å². The summed E-state index contributed by atoms with van der Waals surface area (Å²) >= 11 is 6.59. The number of halogens is 1. The largest absolute Gasteiger partial charge is 0.351 e. The summed E-state index contributed by atoms with van der Waals surface area (Å²) in [6.45, 7) is 1.61. The number of hydrogen-bond donors (Lipinski definition) is 2. The van der Waals surface area contributed by atoms with Gasteiger partial charge in [-0.25, -0.2) is 0 Å². The maximum atomic E-state index is 13.1.